The normalized spacial score (nSPS) is 18.1. The van der Waals surface area contributed by atoms with E-state index in [4.69, 9.17) is 17.3 Å². The van der Waals surface area contributed by atoms with Crippen molar-refractivity contribution >= 4 is 23.1 Å². The summed E-state index contributed by atoms with van der Waals surface area (Å²) in [6.45, 7) is 8.98. The molecule has 1 fully saturated rings. The van der Waals surface area contributed by atoms with Crippen LogP contribution in [0.1, 0.15) is 33.6 Å². The van der Waals surface area contributed by atoms with Crippen molar-refractivity contribution in [3.8, 4) is 0 Å². The number of hydrogen-bond donors (Lipinski definition) is 1. The molecule has 1 aromatic heterocycles. The zero-order valence-electron chi connectivity index (χ0n) is 11.4. The first-order valence-electron chi connectivity index (χ1n) is 6.55. The first-order chi connectivity index (χ1) is 8.38. The van der Waals surface area contributed by atoms with E-state index in [1.54, 1.807) is 6.07 Å². The number of halogens is 1. The average Bonchev–Trinajstić information content (AvgIpc) is 2.31. The van der Waals surface area contributed by atoms with Gasteiger partial charge in [-0.2, -0.15) is 0 Å². The minimum absolute atomic E-state index is 0.388. The van der Waals surface area contributed by atoms with Gasteiger partial charge in [-0.1, -0.05) is 32.4 Å². The topological polar surface area (TPSA) is 42.2 Å². The van der Waals surface area contributed by atoms with Gasteiger partial charge < -0.3 is 10.6 Å². The van der Waals surface area contributed by atoms with Crippen LogP contribution in [0.2, 0.25) is 5.15 Å². The van der Waals surface area contributed by atoms with Crippen LogP contribution < -0.4 is 10.6 Å². The predicted octanol–water partition coefficient (Wildman–Crippen LogP) is 3.58. The number of aromatic nitrogens is 1. The number of anilines is 2. The molecule has 2 rings (SSSR count). The smallest absolute Gasteiger partial charge is 0.153 e. The van der Waals surface area contributed by atoms with Gasteiger partial charge in [0.1, 0.15) is 5.15 Å². The Morgan fingerprint density at radius 1 is 1.28 bits per heavy atom. The molecule has 18 heavy (non-hydrogen) atoms. The summed E-state index contributed by atoms with van der Waals surface area (Å²) >= 11 is 5.94. The molecule has 100 valence electrons. The Hall–Kier alpha value is -0.960. The highest BCUT2D eigenvalue weighted by Gasteiger charge is 2.29. The van der Waals surface area contributed by atoms with Crippen molar-refractivity contribution in [2.24, 2.45) is 11.3 Å². The summed E-state index contributed by atoms with van der Waals surface area (Å²) in [6.07, 6.45) is 2.38. The van der Waals surface area contributed by atoms with Gasteiger partial charge in [0, 0.05) is 13.1 Å². The first kappa shape index (κ1) is 13.5. The Bertz CT molecular complexity index is 418. The summed E-state index contributed by atoms with van der Waals surface area (Å²) in [5, 5.41) is 0.511. The fourth-order valence-electron chi connectivity index (χ4n) is 2.65. The van der Waals surface area contributed by atoms with Gasteiger partial charge in [-0.3, -0.25) is 0 Å². The Morgan fingerprint density at radius 2 is 1.89 bits per heavy atom. The van der Waals surface area contributed by atoms with E-state index in [9.17, 15) is 0 Å². The molecule has 0 atom stereocenters. The average molecular weight is 268 g/mol. The van der Waals surface area contributed by atoms with Crippen molar-refractivity contribution in [3.05, 3.63) is 17.3 Å². The van der Waals surface area contributed by atoms with Crippen LogP contribution in [0, 0.1) is 11.3 Å². The number of nitrogens with zero attached hydrogens (tertiary/aromatic N) is 2. The Kier molecular flexibility index (Phi) is 3.71. The van der Waals surface area contributed by atoms with Gasteiger partial charge in [-0.15, -0.1) is 0 Å². The lowest BCUT2D eigenvalue weighted by molar-refractivity contribution is 0.199. The highest BCUT2D eigenvalue weighted by atomic mass is 35.5. The molecule has 0 aliphatic carbocycles. The van der Waals surface area contributed by atoms with Crippen molar-refractivity contribution in [2.45, 2.75) is 33.6 Å². The van der Waals surface area contributed by atoms with E-state index in [1.807, 2.05) is 6.07 Å². The van der Waals surface area contributed by atoms with Crippen molar-refractivity contribution < 1.29 is 0 Å². The Morgan fingerprint density at radius 3 is 2.44 bits per heavy atom. The van der Waals surface area contributed by atoms with Crippen LogP contribution in [-0.4, -0.2) is 18.1 Å². The molecule has 0 amide bonds. The molecule has 1 aromatic rings. The van der Waals surface area contributed by atoms with E-state index in [0.29, 0.717) is 16.3 Å². The van der Waals surface area contributed by atoms with Crippen LogP contribution in [0.3, 0.4) is 0 Å². The summed E-state index contributed by atoms with van der Waals surface area (Å²) in [6, 6.07) is 3.57. The van der Waals surface area contributed by atoms with E-state index in [0.717, 1.165) is 24.8 Å². The van der Waals surface area contributed by atoms with Crippen molar-refractivity contribution in [1.29, 1.82) is 0 Å². The van der Waals surface area contributed by atoms with Gasteiger partial charge >= 0.3 is 0 Å². The molecule has 2 heterocycles. The minimum atomic E-state index is 0.388. The van der Waals surface area contributed by atoms with Crippen molar-refractivity contribution in [2.75, 3.05) is 23.7 Å². The molecule has 0 bridgehead atoms. The van der Waals surface area contributed by atoms with Gasteiger partial charge in [0.05, 0.1) is 5.69 Å². The lowest BCUT2D eigenvalue weighted by Gasteiger charge is -2.39. The Labute approximate surface area is 114 Å². The number of nitrogen functional groups attached to an aromatic ring is 1. The number of rotatable bonds is 1. The fraction of sp³-hybridized carbons (Fsp3) is 0.643. The number of nitrogens with two attached hydrogens (primary N) is 1. The van der Waals surface area contributed by atoms with Crippen molar-refractivity contribution in [3.63, 3.8) is 0 Å². The van der Waals surface area contributed by atoms with Crippen molar-refractivity contribution in [1.82, 2.24) is 4.98 Å². The third-order valence-corrected chi connectivity index (χ3v) is 4.10. The van der Waals surface area contributed by atoms with Crippen LogP contribution in [0.5, 0.6) is 0 Å². The molecule has 1 aliphatic heterocycles. The van der Waals surface area contributed by atoms with Gasteiger partial charge in [-0.05, 0) is 36.3 Å². The largest absolute Gasteiger partial charge is 0.396 e. The molecule has 3 nitrogen and oxygen atoms in total. The second-order valence-corrected chi connectivity index (χ2v) is 6.56. The molecule has 1 aliphatic rings. The monoisotopic (exact) mass is 267 g/mol. The predicted molar refractivity (Wildman–Crippen MR) is 78.1 cm³/mol. The third-order valence-electron chi connectivity index (χ3n) is 3.89. The van der Waals surface area contributed by atoms with Crippen LogP contribution in [0.4, 0.5) is 11.5 Å². The minimum Gasteiger partial charge on any atom is -0.396 e. The van der Waals surface area contributed by atoms with E-state index < -0.39 is 0 Å². The SMILES string of the molecule is CC(C)(C)C1CCN(c2nc(Cl)ccc2N)CC1. The molecule has 0 aromatic carbocycles. The Balaban J connectivity index is 2.08. The summed E-state index contributed by atoms with van der Waals surface area (Å²) in [7, 11) is 0. The first-order valence-corrected chi connectivity index (χ1v) is 6.92. The molecular formula is C14H22ClN3. The van der Waals surface area contributed by atoms with E-state index >= 15 is 0 Å². The molecular weight excluding hydrogens is 246 g/mol. The summed E-state index contributed by atoms with van der Waals surface area (Å²) in [5.41, 5.74) is 7.08. The highest BCUT2D eigenvalue weighted by Crippen LogP contribution is 2.36. The highest BCUT2D eigenvalue weighted by molar-refractivity contribution is 6.29. The molecule has 0 spiro atoms. The zero-order chi connectivity index (χ0) is 13.3. The lowest BCUT2D eigenvalue weighted by Crippen LogP contribution is -2.38. The fourth-order valence-corrected chi connectivity index (χ4v) is 2.79. The second kappa shape index (κ2) is 4.96. The maximum atomic E-state index is 5.98. The molecule has 2 N–H and O–H groups in total. The quantitative estimate of drug-likeness (QED) is 0.791. The van der Waals surface area contributed by atoms with Crippen LogP contribution in [0.25, 0.3) is 0 Å². The number of pyridine rings is 1. The second-order valence-electron chi connectivity index (χ2n) is 6.17. The van der Waals surface area contributed by atoms with Crippen LogP contribution in [-0.2, 0) is 0 Å². The van der Waals surface area contributed by atoms with E-state index in [1.165, 1.54) is 12.8 Å². The third kappa shape index (κ3) is 2.89. The molecule has 0 radical (unpaired) electrons. The van der Waals surface area contributed by atoms with E-state index in [2.05, 4.69) is 30.7 Å². The lowest BCUT2D eigenvalue weighted by atomic mass is 9.75. The molecule has 0 saturated carbocycles. The zero-order valence-corrected chi connectivity index (χ0v) is 12.2. The van der Waals surface area contributed by atoms with Crippen LogP contribution >= 0.6 is 11.6 Å². The number of piperidine rings is 1. The van der Waals surface area contributed by atoms with Gasteiger partial charge in [-0.25, -0.2) is 4.98 Å². The van der Waals surface area contributed by atoms with Gasteiger partial charge in [0.25, 0.3) is 0 Å². The summed E-state index contributed by atoms with van der Waals surface area (Å²) < 4.78 is 0. The van der Waals surface area contributed by atoms with Gasteiger partial charge in [0.15, 0.2) is 5.82 Å². The molecule has 4 heteroatoms. The summed E-state index contributed by atoms with van der Waals surface area (Å²) in [4.78, 5) is 6.60. The van der Waals surface area contributed by atoms with E-state index in [-0.39, 0.29) is 0 Å². The maximum absolute atomic E-state index is 5.98. The van der Waals surface area contributed by atoms with Gasteiger partial charge in [0.2, 0.25) is 0 Å². The maximum Gasteiger partial charge on any atom is 0.153 e. The van der Waals surface area contributed by atoms with Crippen LogP contribution in [0.15, 0.2) is 12.1 Å². The molecule has 0 unspecified atom stereocenters. The molecule has 1 saturated heterocycles. The number of hydrogen-bond acceptors (Lipinski definition) is 3. The standard InChI is InChI=1S/C14H22ClN3/c1-14(2,3)10-6-8-18(9-7-10)13-11(16)4-5-12(15)17-13/h4-5,10H,6-9,16H2,1-3H3. The summed E-state index contributed by atoms with van der Waals surface area (Å²) in [5.74, 6) is 1.61.